The van der Waals surface area contributed by atoms with Crippen molar-refractivity contribution in [1.29, 1.82) is 0 Å². The van der Waals surface area contributed by atoms with Gasteiger partial charge in [-0.15, -0.1) is 10.2 Å². The second-order valence-electron chi connectivity index (χ2n) is 4.83. The number of aryl methyl sites for hydroxylation is 1. The van der Waals surface area contributed by atoms with Crippen LogP contribution in [0.2, 0.25) is 0 Å². The summed E-state index contributed by atoms with van der Waals surface area (Å²) in [5, 5.41) is 7.75. The van der Waals surface area contributed by atoms with Gasteiger partial charge in [-0.05, 0) is 30.7 Å². The summed E-state index contributed by atoms with van der Waals surface area (Å²) in [5.41, 5.74) is 1.39. The van der Waals surface area contributed by atoms with Gasteiger partial charge in [-0.2, -0.15) is 0 Å². The van der Waals surface area contributed by atoms with Crippen LogP contribution in [0.15, 0.2) is 58.1 Å². The number of nitrogens with one attached hydrogen (secondary N) is 1. The van der Waals surface area contributed by atoms with E-state index in [-0.39, 0.29) is 17.3 Å². The highest BCUT2D eigenvalue weighted by Gasteiger charge is 2.17. The Kier molecular flexibility index (Phi) is 4.18. The first kappa shape index (κ1) is 15.3. The average Bonchev–Trinajstić information content (AvgIpc) is 3.03. The van der Waals surface area contributed by atoms with E-state index in [1.165, 1.54) is 0 Å². The molecule has 0 unspecified atom stereocenters. The van der Waals surface area contributed by atoms with Crippen molar-refractivity contribution in [2.75, 3.05) is 0 Å². The van der Waals surface area contributed by atoms with Crippen molar-refractivity contribution in [3.63, 3.8) is 0 Å². The van der Waals surface area contributed by atoms with E-state index in [0.29, 0.717) is 11.5 Å². The SMILES string of the molecule is Cc1ccccc1S(=O)(=O)NCc1nnc(-c2ccncc2)o1. The van der Waals surface area contributed by atoms with Crippen LogP contribution in [0.25, 0.3) is 11.5 Å². The predicted octanol–water partition coefficient (Wildman–Crippen LogP) is 1.92. The summed E-state index contributed by atoms with van der Waals surface area (Å²) < 4.78 is 32.5. The number of hydrogen-bond acceptors (Lipinski definition) is 6. The number of rotatable bonds is 5. The summed E-state index contributed by atoms with van der Waals surface area (Å²) in [6.45, 7) is 1.66. The lowest BCUT2D eigenvalue weighted by Crippen LogP contribution is -2.24. The lowest BCUT2D eigenvalue weighted by Gasteiger charge is -2.07. The Morgan fingerprint density at radius 2 is 1.83 bits per heavy atom. The summed E-state index contributed by atoms with van der Waals surface area (Å²) in [6, 6.07) is 10.2. The molecule has 3 rings (SSSR count). The van der Waals surface area contributed by atoms with Crippen LogP contribution in [0.4, 0.5) is 0 Å². The molecule has 0 aliphatic carbocycles. The van der Waals surface area contributed by atoms with Crippen LogP contribution in [0.1, 0.15) is 11.5 Å². The maximum absolute atomic E-state index is 12.3. The maximum atomic E-state index is 12.3. The quantitative estimate of drug-likeness (QED) is 0.767. The third kappa shape index (κ3) is 3.43. The summed E-state index contributed by atoms with van der Waals surface area (Å²) >= 11 is 0. The molecule has 0 atom stereocenters. The Morgan fingerprint density at radius 3 is 2.57 bits per heavy atom. The van der Waals surface area contributed by atoms with Crippen molar-refractivity contribution in [1.82, 2.24) is 19.9 Å². The fourth-order valence-electron chi connectivity index (χ4n) is 2.03. The molecule has 0 radical (unpaired) electrons. The van der Waals surface area contributed by atoms with Gasteiger partial charge < -0.3 is 4.42 Å². The molecule has 118 valence electrons. The smallest absolute Gasteiger partial charge is 0.247 e. The molecule has 1 aromatic carbocycles. The number of aromatic nitrogens is 3. The number of hydrogen-bond donors (Lipinski definition) is 1. The predicted molar refractivity (Wildman–Crippen MR) is 82.7 cm³/mol. The number of sulfonamides is 1. The largest absolute Gasteiger partial charge is 0.419 e. The molecule has 2 aromatic heterocycles. The van der Waals surface area contributed by atoms with Crippen molar-refractivity contribution in [2.45, 2.75) is 18.4 Å². The highest BCUT2D eigenvalue weighted by atomic mass is 32.2. The molecule has 2 heterocycles. The van der Waals surface area contributed by atoms with E-state index >= 15 is 0 Å². The van der Waals surface area contributed by atoms with Gasteiger partial charge in [0, 0.05) is 18.0 Å². The Bertz CT molecular complexity index is 907. The van der Waals surface area contributed by atoms with Gasteiger partial charge in [-0.1, -0.05) is 18.2 Å². The Morgan fingerprint density at radius 1 is 1.09 bits per heavy atom. The van der Waals surface area contributed by atoms with Crippen LogP contribution in [-0.2, 0) is 16.6 Å². The average molecular weight is 330 g/mol. The number of benzene rings is 1. The molecular formula is C15H14N4O3S. The van der Waals surface area contributed by atoms with E-state index in [4.69, 9.17) is 4.42 Å². The van der Waals surface area contributed by atoms with Crippen LogP contribution < -0.4 is 4.72 Å². The lowest BCUT2D eigenvalue weighted by molar-refractivity contribution is 0.494. The van der Waals surface area contributed by atoms with Gasteiger partial charge in [-0.25, -0.2) is 13.1 Å². The molecule has 0 saturated heterocycles. The summed E-state index contributed by atoms with van der Waals surface area (Å²) in [6.07, 6.45) is 3.22. The van der Waals surface area contributed by atoms with Crippen molar-refractivity contribution >= 4 is 10.0 Å². The second-order valence-corrected chi connectivity index (χ2v) is 6.56. The van der Waals surface area contributed by atoms with Crippen LogP contribution in [-0.4, -0.2) is 23.6 Å². The first-order valence-corrected chi connectivity index (χ1v) is 8.33. The van der Waals surface area contributed by atoms with E-state index in [0.717, 1.165) is 5.56 Å². The normalized spacial score (nSPS) is 11.5. The molecule has 0 spiro atoms. The third-order valence-electron chi connectivity index (χ3n) is 3.19. The fourth-order valence-corrected chi connectivity index (χ4v) is 3.25. The zero-order valence-electron chi connectivity index (χ0n) is 12.3. The van der Waals surface area contributed by atoms with Crippen LogP contribution in [0, 0.1) is 6.92 Å². The zero-order chi connectivity index (χ0) is 16.3. The fraction of sp³-hybridized carbons (Fsp3) is 0.133. The lowest BCUT2D eigenvalue weighted by atomic mass is 10.2. The molecular weight excluding hydrogens is 316 g/mol. The number of pyridine rings is 1. The standard InChI is InChI=1S/C15H14N4O3S/c1-11-4-2-3-5-13(11)23(20,21)17-10-14-18-19-15(22-14)12-6-8-16-9-7-12/h2-9,17H,10H2,1H3. The monoisotopic (exact) mass is 330 g/mol. The van der Waals surface area contributed by atoms with Gasteiger partial charge in [0.05, 0.1) is 11.4 Å². The van der Waals surface area contributed by atoms with E-state index in [1.54, 1.807) is 55.7 Å². The van der Waals surface area contributed by atoms with Gasteiger partial charge in [0.25, 0.3) is 0 Å². The van der Waals surface area contributed by atoms with Gasteiger partial charge in [0.15, 0.2) is 0 Å². The van der Waals surface area contributed by atoms with E-state index in [1.807, 2.05) is 0 Å². The van der Waals surface area contributed by atoms with Gasteiger partial charge in [0.1, 0.15) is 0 Å². The zero-order valence-corrected chi connectivity index (χ0v) is 13.1. The van der Waals surface area contributed by atoms with Gasteiger partial charge >= 0.3 is 0 Å². The minimum absolute atomic E-state index is 0.0747. The van der Waals surface area contributed by atoms with Crippen LogP contribution in [0.5, 0.6) is 0 Å². The third-order valence-corrected chi connectivity index (χ3v) is 4.75. The van der Waals surface area contributed by atoms with Crippen LogP contribution >= 0.6 is 0 Å². The van der Waals surface area contributed by atoms with Gasteiger partial charge in [-0.3, -0.25) is 4.98 Å². The summed E-state index contributed by atoms with van der Waals surface area (Å²) in [7, 11) is -3.63. The summed E-state index contributed by atoms with van der Waals surface area (Å²) in [4.78, 5) is 4.14. The minimum atomic E-state index is -3.63. The topological polar surface area (TPSA) is 98.0 Å². The van der Waals surface area contributed by atoms with Crippen molar-refractivity contribution in [3.8, 4) is 11.5 Å². The highest BCUT2D eigenvalue weighted by molar-refractivity contribution is 7.89. The van der Waals surface area contributed by atoms with Crippen molar-refractivity contribution in [2.24, 2.45) is 0 Å². The molecule has 8 heteroatoms. The molecule has 0 fully saturated rings. The van der Waals surface area contributed by atoms with E-state index < -0.39 is 10.0 Å². The molecule has 23 heavy (non-hydrogen) atoms. The molecule has 3 aromatic rings. The summed E-state index contributed by atoms with van der Waals surface area (Å²) in [5.74, 6) is 0.506. The Balaban J connectivity index is 1.74. The molecule has 0 aliphatic heterocycles. The van der Waals surface area contributed by atoms with Gasteiger partial charge in [0.2, 0.25) is 21.8 Å². The Labute approximate surface area is 133 Å². The molecule has 1 N–H and O–H groups in total. The van der Waals surface area contributed by atoms with Crippen LogP contribution in [0.3, 0.4) is 0 Å². The maximum Gasteiger partial charge on any atom is 0.247 e. The molecule has 0 aliphatic rings. The first-order chi connectivity index (χ1) is 11.1. The van der Waals surface area contributed by atoms with E-state index in [2.05, 4.69) is 19.9 Å². The first-order valence-electron chi connectivity index (χ1n) is 6.84. The molecule has 0 saturated carbocycles. The van der Waals surface area contributed by atoms with Crippen molar-refractivity contribution < 1.29 is 12.8 Å². The van der Waals surface area contributed by atoms with E-state index in [9.17, 15) is 8.42 Å². The molecule has 0 amide bonds. The Hall–Kier alpha value is -2.58. The minimum Gasteiger partial charge on any atom is -0.419 e. The second kappa shape index (κ2) is 6.27. The molecule has 7 nitrogen and oxygen atoms in total. The highest BCUT2D eigenvalue weighted by Crippen LogP contribution is 2.17. The number of nitrogens with zero attached hydrogens (tertiary/aromatic N) is 3. The van der Waals surface area contributed by atoms with Crippen molar-refractivity contribution in [3.05, 3.63) is 60.2 Å². The molecule has 0 bridgehead atoms.